The summed E-state index contributed by atoms with van der Waals surface area (Å²) >= 11 is 5.69. The van der Waals surface area contributed by atoms with Crippen molar-refractivity contribution in [3.05, 3.63) is 53.1 Å². The Balaban J connectivity index is 2.66. The molecule has 2 aromatic rings. The molecule has 15 heavy (non-hydrogen) atoms. The normalized spacial score (nSPS) is 11.7. The smallest absolute Gasteiger partial charge is 0.161 e. The van der Waals surface area contributed by atoms with Gasteiger partial charge < -0.3 is 0 Å². The number of allylic oxidation sites excluding steroid dienone is 1. The molecule has 0 aliphatic heterocycles. The number of hydrogen-bond acceptors (Lipinski definition) is 1. The van der Waals surface area contributed by atoms with Crippen molar-refractivity contribution >= 4 is 34.7 Å². The molecule has 1 nitrogen and oxygen atoms in total. The number of carbonyl (C=O) groups excluding carboxylic acids is 1. The highest BCUT2D eigenvalue weighted by atomic mass is 35.5. The summed E-state index contributed by atoms with van der Waals surface area (Å²) in [7, 11) is 0. The molecule has 0 aliphatic rings. The Morgan fingerprint density at radius 3 is 2.60 bits per heavy atom. The van der Waals surface area contributed by atoms with Gasteiger partial charge in [0.05, 0.1) is 5.03 Å². The Kier molecular flexibility index (Phi) is 2.84. The Labute approximate surface area is 93.0 Å². The maximum atomic E-state index is 10.4. The third-order valence-electron chi connectivity index (χ3n) is 2.23. The SMILES string of the molecule is O=C/C(Cl)=C/c1cccc2ccccc12. The zero-order valence-electron chi connectivity index (χ0n) is 7.98. The molecule has 0 heterocycles. The van der Waals surface area contributed by atoms with Crippen LogP contribution in [-0.2, 0) is 4.79 Å². The van der Waals surface area contributed by atoms with Crippen LogP contribution in [0.3, 0.4) is 0 Å². The Morgan fingerprint density at radius 2 is 1.80 bits per heavy atom. The first-order chi connectivity index (χ1) is 7.31. The Morgan fingerprint density at radius 1 is 1.07 bits per heavy atom. The van der Waals surface area contributed by atoms with Crippen LogP contribution >= 0.6 is 11.6 Å². The fraction of sp³-hybridized carbons (Fsp3) is 0. The zero-order valence-corrected chi connectivity index (χ0v) is 8.74. The monoisotopic (exact) mass is 216 g/mol. The molecule has 0 atom stereocenters. The molecule has 0 aromatic heterocycles. The van der Waals surface area contributed by atoms with Crippen molar-refractivity contribution in [1.82, 2.24) is 0 Å². The number of fused-ring (bicyclic) bond motifs is 1. The molecular formula is C13H9ClO. The maximum absolute atomic E-state index is 10.4. The van der Waals surface area contributed by atoms with Crippen molar-refractivity contribution < 1.29 is 4.79 Å². The molecule has 0 saturated heterocycles. The van der Waals surface area contributed by atoms with E-state index in [1.807, 2.05) is 42.5 Å². The van der Waals surface area contributed by atoms with Gasteiger partial charge in [-0.15, -0.1) is 0 Å². The van der Waals surface area contributed by atoms with Crippen LogP contribution in [0.5, 0.6) is 0 Å². The molecule has 2 heteroatoms. The topological polar surface area (TPSA) is 17.1 Å². The number of rotatable bonds is 2. The lowest BCUT2D eigenvalue weighted by atomic mass is 10.0. The fourth-order valence-corrected chi connectivity index (χ4v) is 1.68. The van der Waals surface area contributed by atoms with Gasteiger partial charge in [-0.1, -0.05) is 54.1 Å². The molecule has 0 saturated carbocycles. The van der Waals surface area contributed by atoms with Crippen molar-refractivity contribution in [2.45, 2.75) is 0 Å². The van der Waals surface area contributed by atoms with Gasteiger partial charge in [0.25, 0.3) is 0 Å². The van der Waals surface area contributed by atoms with Gasteiger partial charge in [-0.3, -0.25) is 4.79 Å². The zero-order chi connectivity index (χ0) is 10.7. The minimum atomic E-state index is 0.214. The second-order valence-corrected chi connectivity index (χ2v) is 3.65. The lowest BCUT2D eigenvalue weighted by molar-refractivity contribution is -0.104. The first kappa shape index (κ1) is 9.94. The standard InChI is InChI=1S/C13H9ClO/c14-12(9-15)8-11-6-3-5-10-4-1-2-7-13(10)11/h1-9H/b12-8-. The maximum Gasteiger partial charge on any atom is 0.161 e. The molecule has 0 radical (unpaired) electrons. The summed E-state index contributed by atoms with van der Waals surface area (Å²) in [5.74, 6) is 0. The predicted molar refractivity (Wildman–Crippen MR) is 63.8 cm³/mol. The summed E-state index contributed by atoms with van der Waals surface area (Å²) in [6.45, 7) is 0. The van der Waals surface area contributed by atoms with E-state index in [0.29, 0.717) is 6.29 Å². The second kappa shape index (κ2) is 4.28. The first-order valence-corrected chi connectivity index (χ1v) is 4.99. The highest BCUT2D eigenvalue weighted by Crippen LogP contribution is 2.21. The van der Waals surface area contributed by atoms with Gasteiger partial charge in [0.15, 0.2) is 6.29 Å². The van der Waals surface area contributed by atoms with Crippen LogP contribution in [0.25, 0.3) is 16.8 Å². The highest BCUT2D eigenvalue weighted by Gasteiger charge is 1.98. The van der Waals surface area contributed by atoms with E-state index in [2.05, 4.69) is 0 Å². The van der Waals surface area contributed by atoms with E-state index in [4.69, 9.17) is 11.6 Å². The molecule has 74 valence electrons. The summed E-state index contributed by atoms with van der Waals surface area (Å²) in [5, 5.41) is 2.45. The second-order valence-electron chi connectivity index (χ2n) is 3.22. The third-order valence-corrected chi connectivity index (χ3v) is 2.43. The van der Waals surface area contributed by atoms with Gasteiger partial charge in [-0.25, -0.2) is 0 Å². The van der Waals surface area contributed by atoms with Crippen LogP contribution in [0.4, 0.5) is 0 Å². The average Bonchev–Trinajstić information content (AvgIpc) is 2.29. The molecule has 0 fully saturated rings. The molecule has 0 bridgehead atoms. The molecule has 2 rings (SSSR count). The van der Waals surface area contributed by atoms with Gasteiger partial charge in [-0.05, 0) is 22.4 Å². The van der Waals surface area contributed by atoms with Crippen molar-refractivity contribution in [2.75, 3.05) is 0 Å². The van der Waals surface area contributed by atoms with Crippen LogP contribution in [0.1, 0.15) is 5.56 Å². The highest BCUT2D eigenvalue weighted by molar-refractivity contribution is 6.40. The van der Waals surface area contributed by atoms with E-state index in [-0.39, 0.29) is 5.03 Å². The van der Waals surface area contributed by atoms with Crippen LogP contribution in [0.2, 0.25) is 0 Å². The van der Waals surface area contributed by atoms with Crippen molar-refractivity contribution in [1.29, 1.82) is 0 Å². The summed E-state index contributed by atoms with van der Waals surface area (Å²) in [4.78, 5) is 10.4. The first-order valence-electron chi connectivity index (χ1n) is 4.61. The number of hydrogen-bond donors (Lipinski definition) is 0. The van der Waals surface area contributed by atoms with Crippen molar-refractivity contribution in [3.63, 3.8) is 0 Å². The number of aldehydes is 1. The predicted octanol–water partition coefficient (Wildman–Crippen LogP) is 3.62. The number of halogens is 1. The van der Waals surface area contributed by atoms with E-state index in [0.717, 1.165) is 16.3 Å². The van der Waals surface area contributed by atoms with Crippen molar-refractivity contribution in [2.24, 2.45) is 0 Å². The average molecular weight is 217 g/mol. The summed E-state index contributed by atoms with van der Waals surface area (Å²) in [6.07, 6.45) is 2.32. The summed E-state index contributed by atoms with van der Waals surface area (Å²) in [6, 6.07) is 13.9. The Bertz CT molecular complexity index is 524. The van der Waals surface area contributed by atoms with Crippen LogP contribution in [-0.4, -0.2) is 6.29 Å². The van der Waals surface area contributed by atoms with E-state index >= 15 is 0 Å². The fourth-order valence-electron chi connectivity index (χ4n) is 1.56. The summed E-state index contributed by atoms with van der Waals surface area (Å²) in [5.41, 5.74) is 0.963. The van der Waals surface area contributed by atoms with Gasteiger partial charge in [0.2, 0.25) is 0 Å². The van der Waals surface area contributed by atoms with Crippen LogP contribution in [0.15, 0.2) is 47.5 Å². The molecule has 0 N–H and O–H groups in total. The lowest BCUT2D eigenvalue weighted by Crippen LogP contribution is -1.79. The molecule has 0 aliphatic carbocycles. The molecule has 0 unspecified atom stereocenters. The summed E-state index contributed by atoms with van der Waals surface area (Å²) < 4.78 is 0. The van der Waals surface area contributed by atoms with Gasteiger partial charge in [0, 0.05) is 0 Å². The van der Waals surface area contributed by atoms with Crippen molar-refractivity contribution in [3.8, 4) is 0 Å². The van der Waals surface area contributed by atoms with E-state index < -0.39 is 0 Å². The minimum Gasteiger partial charge on any atom is -0.297 e. The van der Waals surface area contributed by atoms with Gasteiger partial charge >= 0.3 is 0 Å². The molecule has 2 aromatic carbocycles. The van der Waals surface area contributed by atoms with Gasteiger partial charge in [0.1, 0.15) is 0 Å². The molecular weight excluding hydrogens is 208 g/mol. The number of carbonyl (C=O) groups is 1. The van der Waals surface area contributed by atoms with Crippen LogP contribution < -0.4 is 0 Å². The molecule has 0 amide bonds. The van der Waals surface area contributed by atoms with E-state index in [9.17, 15) is 4.79 Å². The van der Waals surface area contributed by atoms with Gasteiger partial charge in [-0.2, -0.15) is 0 Å². The quantitative estimate of drug-likeness (QED) is 0.554. The third kappa shape index (κ3) is 2.08. The Hall–Kier alpha value is -1.60. The minimum absolute atomic E-state index is 0.214. The lowest BCUT2D eigenvalue weighted by Gasteiger charge is -2.01. The van der Waals surface area contributed by atoms with E-state index in [1.165, 1.54) is 0 Å². The van der Waals surface area contributed by atoms with E-state index in [1.54, 1.807) is 6.08 Å². The largest absolute Gasteiger partial charge is 0.297 e. The van der Waals surface area contributed by atoms with Crippen LogP contribution in [0, 0.1) is 0 Å². The molecule has 0 spiro atoms. The number of benzene rings is 2.